The molecule has 8 nitrogen and oxygen atoms in total. The Morgan fingerprint density at radius 3 is 2.77 bits per heavy atom. The first-order valence-corrected chi connectivity index (χ1v) is 10.7. The third-order valence-corrected chi connectivity index (χ3v) is 4.92. The number of fused-ring (bicyclic) bond motifs is 1. The van der Waals surface area contributed by atoms with Crippen molar-refractivity contribution in [2.24, 2.45) is 0 Å². The van der Waals surface area contributed by atoms with Crippen molar-refractivity contribution in [2.45, 2.75) is 6.92 Å². The number of hydrogen-bond acceptors (Lipinski definition) is 8. The molecule has 0 unspecified atom stereocenters. The summed E-state index contributed by atoms with van der Waals surface area (Å²) in [5, 5.41) is 6.54. The van der Waals surface area contributed by atoms with E-state index in [0.29, 0.717) is 34.5 Å². The Hall–Kier alpha value is -3.72. The van der Waals surface area contributed by atoms with Gasteiger partial charge in [-0.25, -0.2) is 4.98 Å². The molecule has 0 aliphatic heterocycles. The molecule has 158 valence electrons. The van der Waals surface area contributed by atoms with Crippen LogP contribution in [0.25, 0.3) is 11.0 Å². The largest absolute Gasteiger partial charge is 0.460 e. The molecule has 31 heavy (non-hydrogen) atoms. The van der Waals surface area contributed by atoms with Crippen molar-refractivity contribution in [3.8, 4) is 11.6 Å². The van der Waals surface area contributed by atoms with Crippen LogP contribution in [0.4, 0.5) is 17.3 Å². The van der Waals surface area contributed by atoms with Crippen LogP contribution in [0.15, 0.2) is 59.1 Å². The lowest BCUT2D eigenvalue weighted by molar-refractivity contribution is 0.0963. The normalized spacial score (nSPS) is 10.7. The SMILES string of the molecule is CNC(=O)c1c(C)oc2cc(Oc3ccnc(Nc4cccc(NSC)c4)n3)ccc12. The Balaban J connectivity index is 1.54. The molecular weight excluding hydrogens is 414 g/mol. The van der Waals surface area contributed by atoms with E-state index in [1.807, 2.05) is 30.5 Å². The Morgan fingerprint density at radius 1 is 1.13 bits per heavy atom. The number of furan rings is 1. The van der Waals surface area contributed by atoms with Gasteiger partial charge in [0.1, 0.15) is 17.1 Å². The summed E-state index contributed by atoms with van der Waals surface area (Å²) < 4.78 is 14.8. The number of carbonyl (C=O) groups excluding carboxylic acids is 1. The number of anilines is 3. The topological polar surface area (TPSA) is 101 Å². The molecule has 0 saturated carbocycles. The molecule has 3 N–H and O–H groups in total. The number of nitrogens with one attached hydrogen (secondary N) is 3. The van der Waals surface area contributed by atoms with Crippen LogP contribution in [0, 0.1) is 6.92 Å². The highest BCUT2D eigenvalue weighted by molar-refractivity contribution is 7.99. The van der Waals surface area contributed by atoms with Gasteiger partial charge in [0.15, 0.2) is 0 Å². The molecule has 2 heterocycles. The number of hydrogen-bond donors (Lipinski definition) is 3. The van der Waals surface area contributed by atoms with E-state index < -0.39 is 0 Å². The third-order valence-electron chi connectivity index (χ3n) is 4.48. The average molecular weight is 436 g/mol. The van der Waals surface area contributed by atoms with E-state index >= 15 is 0 Å². The van der Waals surface area contributed by atoms with Crippen LogP contribution in [0.2, 0.25) is 0 Å². The van der Waals surface area contributed by atoms with Gasteiger partial charge in [-0.1, -0.05) is 18.0 Å². The second kappa shape index (κ2) is 8.97. The van der Waals surface area contributed by atoms with E-state index in [2.05, 4.69) is 25.3 Å². The van der Waals surface area contributed by atoms with Gasteiger partial charge in [-0.3, -0.25) is 4.79 Å². The lowest BCUT2D eigenvalue weighted by Gasteiger charge is -2.09. The molecule has 0 bridgehead atoms. The zero-order valence-corrected chi connectivity index (χ0v) is 18.0. The molecule has 1 amide bonds. The lowest BCUT2D eigenvalue weighted by Crippen LogP contribution is -2.18. The van der Waals surface area contributed by atoms with Crippen LogP contribution in [0.1, 0.15) is 16.1 Å². The Kier molecular flexibility index (Phi) is 5.94. The van der Waals surface area contributed by atoms with Crippen molar-refractivity contribution in [2.75, 3.05) is 23.3 Å². The summed E-state index contributed by atoms with van der Waals surface area (Å²) in [5.41, 5.74) is 2.92. The van der Waals surface area contributed by atoms with Crippen LogP contribution in [-0.2, 0) is 0 Å². The van der Waals surface area contributed by atoms with Gasteiger partial charge in [0.05, 0.1) is 5.56 Å². The van der Waals surface area contributed by atoms with E-state index in [9.17, 15) is 4.79 Å². The summed E-state index contributed by atoms with van der Waals surface area (Å²) in [6.45, 7) is 1.76. The van der Waals surface area contributed by atoms with Gasteiger partial charge in [0.2, 0.25) is 11.8 Å². The van der Waals surface area contributed by atoms with Gasteiger partial charge < -0.3 is 24.5 Å². The molecule has 2 aromatic heterocycles. The Labute approximate surface area is 183 Å². The molecule has 2 aromatic carbocycles. The highest BCUT2D eigenvalue weighted by Crippen LogP contribution is 2.31. The highest BCUT2D eigenvalue weighted by Gasteiger charge is 2.17. The summed E-state index contributed by atoms with van der Waals surface area (Å²) in [6, 6.07) is 14.8. The molecule has 0 aliphatic carbocycles. The zero-order chi connectivity index (χ0) is 21.8. The van der Waals surface area contributed by atoms with Crippen molar-refractivity contribution in [1.82, 2.24) is 15.3 Å². The van der Waals surface area contributed by atoms with Crippen molar-refractivity contribution >= 4 is 46.1 Å². The maximum Gasteiger partial charge on any atom is 0.255 e. The number of ether oxygens (including phenoxy) is 1. The van der Waals surface area contributed by atoms with E-state index in [4.69, 9.17) is 9.15 Å². The van der Waals surface area contributed by atoms with Crippen LogP contribution in [0.5, 0.6) is 11.6 Å². The van der Waals surface area contributed by atoms with Crippen molar-refractivity contribution in [3.63, 3.8) is 0 Å². The lowest BCUT2D eigenvalue weighted by atomic mass is 10.1. The van der Waals surface area contributed by atoms with E-state index in [-0.39, 0.29) is 5.91 Å². The molecule has 0 fully saturated rings. The quantitative estimate of drug-likeness (QED) is 0.344. The van der Waals surface area contributed by atoms with Crippen LogP contribution >= 0.6 is 11.9 Å². The third kappa shape index (κ3) is 4.56. The van der Waals surface area contributed by atoms with E-state index in [1.54, 1.807) is 44.4 Å². The number of aromatic nitrogens is 2. The van der Waals surface area contributed by atoms with Crippen LogP contribution in [-0.4, -0.2) is 29.2 Å². The fourth-order valence-corrected chi connectivity index (χ4v) is 3.52. The minimum Gasteiger partial charge on any atom is -0.460 e. The standard InChI is InChI=1S/C22H21N5O3S/c1-13-20(21(28)23-2)17-8-7-16(12-18(17)29-13)30-19-9-10-24-22(26-19)25-14-5-4-6-15(11-14)27-31-3/h4-12,27H,1-3H3,(H,23,28)(H,24,25,26). The smallest absolute Gasteiger partial charge is 0.255 e. The molecule has 4 rings (SSSR count). The van der Waals surface area contributed by atoms with Gasteiger partial charge >= 0.3 is 0 Å². The highest BCUT2D eigenvalue weighted by atomic mass is 32.2. The summed E-state index contributed by atoms with van der Waals surface area (Å²) in [4.78, 5) is 20.8. The zero-order valence-electron chi connectivity index (χ0n) is 17.2. The fraction of sp³-hybridized carbons (Fsp3) is 0.136. The first-order chi connectivity index (χ1) is 15.1. The molecule has 4 aromatic rings. The molecule has 0 saturated heterocycles. The Morgan fingerprint density at radius 2 is 1.97 bits per heavy atom. The first kappa shape index (κ1) is 20.5. The van der Waals surface area contributed by atoms with E-state index in [1.165, 1.54) is 11.9 Å². The minimum atomic E-state index is -0.187. The van der Waals surface area contributed by atoms with Gasteiger partial charge in [-0.2, -0.15) is 4.98 Å². The number of nitrogens with zero attached hydrogens (tertiary/aromatic N) is 2. The second-order valence-electron chi connectivity index (χ2n) is 6.60. The molecule has 0 atom stereocenters. The van der Waals surface area contributed by atoms with Crippen LogP contribution in [0.3, 0.4) is 0 Å². The van der Waals surface area contributed by atoms with Crippen molar-refractivity contribution in [3.05, 3.63) is 66.1 Å². The Bertz CT molecular complexity index is 1240. The molecular formula is C22H21N5O3S. The maximum absolute atomic E-state index is 12.1. The predicted molar refractivity (Wildman–Crippen MR) is 123 cm³/mol. The summed E-state index contributed by atoms with van der Waals surface area (Å²) in [6.07, 6.45) is 3.58. The summed E-state index contributed by atoms with van der Waals surface area (Å²) in [7, 11) is 1.59. The van der Waals surface area contributed by atoms with Gasteiger partial charge in [0.25, 0.3) is 5.91 Å². The van der Waals surface area contributed by atoms with Crippen molar-refractivity contribution in [1.29, 1.82) is 0 Å². The number of carbonyl (C=O) groups is 1. The van der Waals surface area contributed by atoms with Gasteiger partial charge in [-0.15, -0.1) is 0 Å². The van der Waals surface area contributed by atoms with Crippen molar-refractivity contribution < 1.29 is 13.9 Å². The molecule has 9 heteroatoms. The molecule has 0 spiro atoms. The summed E-state index contributed by atoms with van der Waals surface area (Å²) in [5.74, 6) is 1.70. The second-order valence-corrected chi connectivity index (χ2v) is 7.22. The number of amides is 1. The number of rotatable bonds is 7. The van der Waals surface area contributed by atoms with Gasteiger partial charge in [-0.05, 0) is 37.3 Å². The maximum atomic E-state index is 12.1. The first-order valence-electron chi connectivity index (χ1n) is 9.49. The molecule has 0 radical (unpaired) electrons. The summed E-state index contributed by atoms with van der Waals surface area (Å²) >= 11 is 1.52. The predicted octanol–water partition coefficient (Wildman–Crippen LogP) is 5.12. The number of aryl methyl sites for hydroxylation is 1. The minimum absolute atomic E-state index is 0.187. The average Bonchev–Trinajstić information content (AvgIpc) is 3.09. The van der Waals surface area contributed by atoms with E-state index in [0.717, 1.165) is 16.8 Å². The van der Waals surface area contributed by atoms with Crippen LogP contribution < -0.4 is 20.1 Å². The molecule has 0 aliphatic rings. The number of benzene rings is 2. The fourth-order valence-electron chi connectivity index (χ4n) is 3.16. The monoisotopic (exact) mass is 435 g/mol. The van der Waals surface area contributed by atoms with Gasteiger partial charge in [0, 0.05) is 48.4 Å².